The lowest BCUT2D eigenvalue weighted by Crippen LogP contribution is -2.24. The lowest BCUT2D eigenvalue weighted by atomic mass is 9.96. The summed E-state index contributed by atoms with van der Waals surface area (Å²) in [5.74, 6) is 0. The maximum absolute atomic E-state index is 10.0. The van der Waals surface area contributed by atoms with Crippen LogP contribution in [0, 0.1) is 0 Å². The highest BCUT2D eigenvalue weighted by Crippen LogP contribution is 2.22. The summed E-state index contributed by atoms with van der Waals surface area (Å²) in [6.07, 6.45) is 5.20. The van der Waals surface area contributed by atoms with Crippen molar-refractivity contribution < 1.29 is 5.11 Å². The van der Waals surface area contributed by atoms with Crippen molar-refractivity contribution in [3.63, 3.8) is 0 Å². The molecule has 1 aromatic heterocycles. The number of nitrogens with zero attached hydrogens (tertiary/aromatic N) is 2. The van der Waals surface area contributed by atoms with E-state index in [0.717, 1.165) is 18.5 Å². The third-order valence-corrected chi connectivity index (χ3v) is 2.34. The van der Waals surface area contributed by atoms with E-state index in [4.69, 9.17) is 5.73 Å². The molecule has 4 nitrogen and oxygen atoms in total. The molecule has 1 atom stereocenters. The van der Waals surface area contributed by atoms with Crippen molar-refractivity contribution in [1.82, 2.24) is 9.78 Å². The second-order valence-electron chi connectivity index (χ2n) is 3.80. The Balaban J connectivity index is 2.74. The van der Waals surface area contributed by atoms with Crippen LogP contribution in [0.4, 0.5) is 0 Å². The van der Waals surface area contributed by atoms with Gasteiger partial charge in [-0.05, 0) is 26.3 Å². The number of hydrogen-bond donors (Lipinski definition) is 2. The van der Waals surface area contributed by atoms with Crippen LogP contribution in [-0.2, 0) is 12.1 Å². The average molecular weight is 197 g/mol. The van der Waals surface area contributed by atoms with Crippen molar-refractivity contribution >= 4 is 0 Å². The fraction of sp³-hybridized carbons (Fsp3) is 0.700. The van der Waals surface area contributed by atoms with Crippen molar-refractivity contribution in [2.45, 2.75) is 38.8 Å². The Kier molecular flexibility index (Phi) is 3.66. The van der Waals surface area contributed by atoms with E-state index >= 15 is 0 Å². The first-order valence-electron chi connectivity index (χ1n) is 5.05. The minimum Gasteiger partial charge on any atom is -0.385 e. The van der Waals surface area contributed by atoms with Gasteiger partial charge in [0.25, 0.3) is 0 Å². The van der Waals surface area contributed by atoms with Gasteiger partial charge < -0.3 is 10.8 Å². The van der Waals surface area contributed by atoms with Crippen LogP contribution in [0.3, 0.4) is 0 Å². The zero-order valence-electron chi connectivity index (χ0n) is 8.90. The summed E-state index contributed by atoms with van der Waals surface area (Å²) in [4.78, 5) is 0. The van der Waals surface area contributed by atoms with Gasteiger partial charge in [-0.3, -0.25) is 4.68 Å². The molecule has 0 aliphatic heterocycles. The molecule has 1 rings (SSSR count). The van der Waals surface area contributed by atoms with E-state index in [1.165, 1.54) is 0 Å². The van der Waals surface area contributed by atoms with Crippen LogP contribution in [0.5, 0.6) is 0 Å². The molecule has 0 bridgehead atoms. The summed E-state index contributed by atoms with van der Waals surface area (Å²) in [6, 6.07) is 0. The maximum Gasteiger partial charge on any atom is 0.0910 e. The first-order chi connectivity index (χ1) is 6.60. The summed E-state index contributed by atoms with van der Waals surface area (Å²) in [5.41, 5.74) is 5.43. The van der Waals surface area contributed by atoms with Crippen molar-refractivity contribution in [2.24, 2.45) is 5.73 Å². The number of rotatable bonds is 5. The molecule has 80 valence electrons. The predicted octanol–water partition coefficient (Wildman–Crippen LogP) is 0.849. The van der Waals surface area contributed by atoms with E-state index in [2.05, 4.69) is 12.0 Å². The Bertz CT molecular complexity index is 281. The average Bonchev–Trinajstić information content (AvgIpc) is 2.54. The van der Waals surface area contributed by atoms with E-state index < -0.39 is 5.60 Å². The SMILES string of the molecule is CCCn1cc(C(C)(O)CCN)cn1. The van der Waals surface area contributed by atoms with Crippen LogP contribution in [0.1, 0.15) is 32.3 Å². The van der Waals surface area contributed by atoms with Gasteiger partial charge in [-0.15, -0.1) is 0 Å². The topological polar surface area (TPSA) is 64.1 Å². The molecule has 0 spiro atoms. The number of aromatic nitrogens is 2. The normalized spacial score (nSPS) is 15.4. The molecule has 14 heavy (non-hydrogen) atoms. The van der Waals surface area contributed by atoms with E-state index in [9.17, 15) is 5.11 Å². The fourth-order valence-electron chi connectivity index (χ4n) is 1.42. The molecule has 0 saturated carbocycles. The van der Waals surface area contributed by atoms with E-state index in [1.807, 2.05) is 10.9 Å². The summed E-state index contributed by atoms with van der Waals surface area (Å²) in [6.45, 7) is 5.23. The first-order valence-corrected chi connectivity index (χ1v) is 5.05. The number of aryl methyl sites for hydroxylation is 1. The van der Waals surface area contributed by atoms with Crippen LogP contribution < -0.4 is 5.73 Å². The molecular weight excluding hydrogens is 178 g/mol. The summed E-state index contributed by atoms with van der Waals surface area (Å²) < 4.78 is 1.85. The molecule has 0 amide bonds. The quantitative estimate of drug-likeness (QED) is 0.735. The van der Waals surface area contributed by atoms with Crippen LogP contribution in [0.25, 0.3) is 0 Å². The molecular formula is C10H19N3O. The zero-order chi connectivity index (χ0) is 10.6. The Hall–Kier alpha value is -0.870. The number of hydrogen-bond acceptors (Lipinski definition) is 3. The molecule has 4 heteroatoms. The third kappa shape index (κ3) is 2.56. The van der Waals surface area contributed by atoms with Gasteiger partial charge in [-0.2, -0.15) is 5.10 Å². The maximum atomic E-state index is 10.0. The highest BCUT2D eigenvalue weighted by Gasteiger charge is 2.23. The van der Waals surface area contributed by atoms with Crippen molar-refractivity contribution in [3.05, 3.63) is 18.0 Å². The van der Waals surface area contributed by atoms with Crippen LogP contribution in [0.2, 0.25) is 0 Å². The molecule has 0 saturated heterocycles. The molecule has 1 aromatic rings. The summed E-state index contributed by atoms with van der Waals surface area (Å²) in [5, 5.41) is 14.2. The van der Waals surface area contributed by atoms with Crippen molar-refractivity contribution in [3.8, 4) is 0 Å². The Morgan fingerprint density at radius 3 is 2.93 bits per heavy atom. The Labute approximate surface area is 84.7 Å². The lowest BCUT2D eigenvalue weighted by molar-refractivity contribution is 0.0503. The number of aliphatic hydroxyl groups is 1. The van der Waals surface area contributed by atoms with Gasteiger partial charge >= 0.3 is 0 Å². The van der Waals surface area contributed by atoms with Gasteiger partial charge in [0.2, 0.25) is 0 Å². The first kappa shape index (κ1) is 11.2. The van der Waals surface area contributed by atoms with Crippen molar-refractivity contribution in [1.29, 1.82) is 0 Å². The second-order valence-corrected chi connectivity index (χ2v) is 3.80. The van der Waals surface area contributed by atoms with E-state index in [0.29, 0.717) is 13.0 Å². The fourth-order valence-corrected chi connectivity index (χ4v) is 1.42. The molecule has 0 aliphatic carbocycles. The van der Waals surface area contributed by atoms with Gasteiger partial charge in [0.15, 0.2) is 0 Å². The number of nitrogens with two attached hydrogens (primary N) is 1. The lowest BCUT2D eigenvalue weighted by Gasteiger charge is -2.20. The van der Waals surface area contributed by atoms with Gasteiger partial charge in [-0.25, -0.2) is 0 Å². The third-order valence-electron chi connectivity index (χ3n) is 2.34. The smallest absolute Gasteiger partial charge is 0.0910 e. The largest absolute Gasteiger partial charge is 0.385 e. The highest BCUT2D eigenvalue weighted by molar-refractivity contribution is 5.13. The highest BCUT2D eigenvalue weighted by atomic mass is 16.3. The predicted molar refractivity (Wildman–Crippen MR) is 55.8 cm³/mol. The minimum atomic E-state index is -0.846. The van der Waals surface area contributed by atoms with E-state index in [-0.39, 0.29) is 0 Å². The Morgan fingerprint density at radius 2 is 2.36 bits per heavy atom. The second kappa shape index (κ2) is 4.57. The summed E-state index contributed by atoms with van der Waals surface area (Å²) >= 11 is 0. The molecule has 3 N–H and O–H groups in total. The molecule has 1 unspecified atom stereocenters. The van der Waals surface area contributed by atoms with Crippen LogP contribution in [0.15, 0.2) is 12.4 Å². The van der Waals surface area contributed by atoms with Gasteiger partial charge in [0, 0.05) is 18.3 Å². The molecule has 0 fully saturated rings. The van der Waals surface area contributed by atoms with Crippen LogP contribution in [-0.4, -0.2) is 21.4 Å². The molecule has 0 aromatic carbocycles. The van der Waals surface area contributed by atoms with Gasteiger partial charge in [-0.1, -0.05) is 6.92 Å². The molecule has 0 aliphatic rings. The van der Waals surface area contributed by atoms with Gasteiger partial charge in [0.05, 0.1) is 11.8 Å². The van der Waals surface area contributed by atoms with Crippen molar-refractivity contribution in [2.75, 3.05) is 6.54 Å². The van der Waals surface area contributed by atoms with Crippen LogP contribution >= 0.6 is 0 Å². The van der Waals surface area contributed by atoms with Gasteiger partial charge in [0.1, 0.15) is 0 Å². The molecule has 0 radical (unpaired) electrons. The zero-order valence-corrected chi connectivity index (χ0v) is 8.90. The summed E-state index contributed by atoms with van der Waals surface area (Å²) in [7, 11) is 0. The Morgan fingerprint density at radius 1 is 1.64 bits per heavy atom. The molecule has 1 heterocycles. The standard InChI is InChI=1S/C10H19N3O/c1-3-6-13-8-9(7-12-13)10(2,14)4-5-11/h7-8,14H,3-6,11H2,1-2H3. The minimum absolute atomic E-state index is 0.478. The van der Waals surface area contributed by atoms with E-state index in [1.54, 1.807) is 13.1 Å². The monoisotopic (exact) mass is 197 g/mol.